The number of hydrogen-bond acceptors (Lipinski definition) is 4. The Morgan fingerprint density at radius 3 is 2.52 bits per heavy atom. The van der Waals surface area contributed by atoms with Crippen LogP contribution in [-0.2, 0) is 6.54 Å². The van der Waals surface area contributed by atoms with Gasteiger partial charge in [-0.15, -0.1) is 0 Å². The SMILES string of the molecule is CC[NH+]1CC[NH+](Cc2c(O)ccc3c2O/C(=C\c2ccc(C)o2)C3=O)CC1. The monoisotopic (exact) mass is 370 g/mol. The summed E-state index contributed by atoms with van der Waals surface area (Å²) < 4.78 is 11.4. The van der Waals surface area contributed by atoms with Gasteiger partial charge < -0.3 is 24.1 Å². The number of benzene rings is 1. The van der Waals surface area contributed by atoms with Crippen molar-refractivity contribution >= 4 is 11.9 Å². The number of furan rings is 1. The minimum absolute atomic E-state index is 0.171. The van der Waals surface area contributed by atoms with Gasteiger partial charge in [0, 0.05) is 6.08 Å². The van der Waals surface area contributed by atoms with Crippen molar-refractivity contribution in [2.24, 2.45) is 0 Å². The molecule has 0 atom stereocenters. The van der Waals surface area contributed by atoms with E-state index in [1.807, 2.05) is 13.0 Å². The largest absolute Gasteiger partial charge is 0.507 e. The van der Waals surface area contributed by atoms with E-state index in [-0.39, 0.29) is 17.3 Å². The highest BCUT2D eigenvalue weighted by Gasteiger charge is 2.33. The number of rotatable bonds is 4. The third kappa shape index (κ3) is 3.50. The first-order chi connectivity index (χ1) is 13.0. The number of phenolic OH excluding ortho intramolecular Hbond substituents is 1. The number of aryl methyl sites for hydroxylation is 1. The van der Waals surface area contributed by atoms with E-state index >= 15 is 0 Å². The van der Waals surface area contributed by atoms with Crippen molar-refractivity contribution in [3.63, 3.8) is 0 Å². The van der Waals surface area contributed by atoms with Crippen LogP contribution >= 0.6 is 0 Å². The van der Waals surface area contributed by atoms with E-state index in [2.05, 4.69) is 6.92 Å². The Morgan fingerprint density at radius 2 is 1.85 bits per heavy atom. The van der Waals surface area contributed by atoms with Gasteiger partial charge in [0.2, 0.25) is 5.78 Å². The Kier molecular flexibility index (Phi) is 4.76. The molecule has 1 saturated heterocycles. The molecule has 6 heteroatoms. The summed E-state index contributed by atoms with van der Waals surface area (Å²) in [6.07, 6.45) is 1.62. The average Bonchev–Trinajstić information content (AvgIpc) is 3.22. The molecule has 1 fully saturated rings. The highest BCUT2D eigenvalue weighted by atomic mass is 16.5. The number of piperazine rings is 1. The fraction of sp³-hybridized carbons (Fsp3) is 0.381. The lowest BCUT2D eigenvalue weighted by Gasteiger charge is -2.29. The highest BCUT2D eigenvalue weighted by Crippen LogP contribution is 2.39. The number of carbonyl (C=O) groups is 1. The molecule has 3 N–H and O–H groups in total. The summed E-state index contributed by atoms with van der Waals surface area (Å²) in [6, 6.07) is 6.89. The second-order valence-electron chi connectivity index (χ2n) is 7.36. The van der Waals surface area contributed by atoms with Crippen molar-refractivity contribution in [1.29, 1.82) is 0 Å². The molecule has 0 bridgehead atoms. The molecular weight excluding hydrogens is 344 g/mol. The Bertz CT molecular complexity index is 892. The van der Waals surface area contributed by atoms with Gasteiger partial charge in [-0.1, -0.05) is 0 Å². The van der Waals surface area contributed by atoms with Crippen LogP contribution in [0.5, 0.6) is 11.5 Å². The molecule has 4 rings (SSSR count). The molecule has 1 aromatic heterocycles. The van der Waals surface area contributed by atoms with Crippen molar-refractivity contribution in [1.82, 2.24) is 0 Å². The average molecular weight is 370 g/mol. The summed E-state index contributed by atoms with van der Waals surface area (Å²) in [5, 5.41) is 10.4. The fourth-order valence-corrected chi connectivity index (χ4v) is 3.87. The van der Waals surface area contributed by atoms with Gasteiger partial charge >= 0.3 is 0 Å². The number of allylic oxidation sites excluding steroid dienone is 1. The quantitative estimate of drug-likeness (QED) is 0.674. The number of ketones is 1. The minimum Gasteiger partial charge on any atom is -0.507 e. The number of nitrogens with one attached hydrogen (secondary N) is 2. The number of ether oxygens (including phenoxy) is 1. The van der Waals surface area contributed by atoms with Crippen LogP contribution in [0.25, 0.3) is 6.08 Å². The van der Waals surface area contributed by atoms with Gasteiger partial charge in [0.25, 0.3) is 0 Å². The van der Waals surface area contributed by atoms with Gasteiger partial charge in [0.05, 0.1) is 17.7 Å². The standard InChI is InChI=1S/C21H24N2O4/c1-3-22-8-10-23(11-9-22)13-17-18(24)7-6-16-20(25)19(27-21(16)17)12-15-5-4-14(2)26-15/h4-7,12,24H,3,8-11,13H2,1-2H3/p+2/b19-12-. The summed E-state index contributed by atoms with van der Waals surface area (Å²) in [4.78, 5) is 15.7. The molecule has 142 valence electrons. The van der Waals surface area contributed by atoms with E-state index in [9.17, 15) is 9.90 Å². The molecule has 0 amide bonds. The summed E-state index contributed by atoms with van der Waals surface area (Å²) in [6.45, 7) is 10.2. The normalized spacial score (nSPS) is 23.5. The van der Waals surface area contributed by atoms with Crippen LogP contribution in [0.1, 0.15) is 34.4 Å². The minimum atomic E-state index is -0.171. The molecule has 2 aliphatic rings. The lowest BCUT2D eigenvalue weighted by molar-refractivity contribution is -1.02. The molecular formula is C21H26N2O4+2. The summed E-state index contributed by atoms with van der Waals surface area (Å²) in [7, 11) is 0. The first kappa shape index (κ1) is 17.8. The number of Topliss-reactive ketones (excluding diaryl/α,β-unsaturated/α-hetero) is 1. The zero-order valence-electron chi connectivity index (χ0n) is 15.8. The number of fused-ring (bicyclic) bond motifs is 1. The van der Waals surface area contributed by atoms with Gasteiger partial charge in [0.15, 0.2) is 11.5 Å². The van der Waals surface area contributed by atoms with Gasteiger partial charge in [0.1, 0.15) is 50.0 Å². The van der Waals surface area contributed by atoms with E-state index in [4.69, 9.17) is 9.15 Å². The maximum atomic E-state index is 12.7. The van der Waals surface area contributed by atoms with Crippen molar-refractivity contribution in [2.75, 3.05) is 32.7 Å². The van der Waals surface area contributed by atoms with Gasteiger partial charge in [-0.3, -0.25) is 4.79 Å². The number of carbonyl (C=O) groups excluding carboxylic acids is 1. The van der Waals surface area contributed by atoms with Crippen LogP contribution in [0.15, 0.2) is 34.4 Å². The predicted octanol–water partition coefficient (Wildman–Crippen LogP) is 0.213. The first-order valence-electron chi connectivity index (χ1n) is 9.57. The Balaban J connectivity index is 1.58. The molecule has 27 heavy (non-hydrogen) atoms. The van der Waals surface area contributed by atoms with Crippen molar-refractivity contribution < 1.29 is 28.9 Å². The van der Waals surface area contributed by atoms with Crippen LogP contribution in [0.2, 0.25) is 0 Å². The maximum Gasteiger partial charge on any atom is 0.232 e. The van der Waals surface area contributed by atoms with E-state index in [1.165, 1.54) is 4.90 Å². The molecule has 0 saturated carbocycles. The number of aromatic hydroxyl groups is 1. The zero-order valence-corrected chi connectivity index (χ0v) is 15.8. The smallest absolute Gasteiger partial charge is 0.232 e. The number of phenols is 1. The van der Waals surface area contributed by atoms with E-state index in [0.717, 1.165) is 44.0 Å². The predicted molar refractivity (Wildman–Crippen MR) is 100 cm³/mol. The van der Waals surface area contributed by atoms with Crippen LogP contribution in [0.3, 0.4) is 0 Å². The number of quaternary nitrogens is 2. The summed E-state index contributed by atoms with van der Waals surface area (Å²) in [5.41, 5.74) is 1.23. The third-order valence-corrected chi connectivity index (χ3v) is 5.54. The Hall–Kier alpha value is -2.57. The number of likely N-dealkylation sites (N-methyl/N-ethyl adjacent to an activating group) is 1. The molecule has 2 aromatic rings. The second kappa shape index (κ2) is 7.21. The molecule has 0 spiro atoms. The molecule has 0 unspecified atom stereocenters. The number of hydrogen-bond donors (Lipinski definition) is 3. The topological polar surface area (TPSA) is 68.6 Å². The molecule has 3 heterocycles. The summed E-state index contributed by atoms with van der Waals surface area (Å²) >= 11 is 0. The first-order valence-corrected chi connectivity index (χ1v) is 9.57. The van der Waals surface area contributed by atoms with Crippen LogP contribution in [0, 0.1) is 6.92 Å². The molecule has 6 nitrogen and oxygen atoms in total. The molecule has 0 radical (unpaired) electrons. The van der Waals surface area contributed by atoms with Crippen LogP contribution in [0.4, 0.5) is 0 Å². The van der Waals surface area contributed by atoms with Crippen molar-refractivity contribution in [2.45, 2.75) is 20.4 Å². The lowest BCUT2D eigenvalue weighted by Crippen LogP contribution is -3.27. The van der Waals surface area contributed by atoms with Gasteiger partial charge in [-0.05, 0) is 38.1 Å². The van der Waals surface area contributed by atoms with E-state index in [0.29, 0.717) is 23.6 Å². The van der Waals surface area contributed by atoms with Crippen LogP contribution < -0.4 is 14.5 Å². The van der Waals surface area contributed by atoms with Gasteiger partial charge in [-0.2, -0.15) is 0 Å². The third-order valence-electron chi connectivity index (χ3n) is 5.54. The second-order valence-corrected chi connectivity index (χ2v) is 7.36. The highest BCUT2D eigenvalue weighted by molar-refractivity contribution is 6.14. The fourth-order valence-electron chi connectivity index (χ4n) is 3.87. The lowest BCUT2D eigenvalue weighted by atomic mass is 10.0. The molecule has 1 aromatic carbocycles. The van der Waals surface area contributed by atoms with Crippen molar-refractivity contribution in [3.05, 3.63) is 52.7 Å². The van der Waals surface area contributed by atoms with Crippen molar-refractivity contribution in [3.8, 4) is 11.5 Å². The Morgan fingerprint density at radius 1 is 1.11 bits per heavy atom. The van der Waals surface area contributed by atoms with Gasteiger partial charge in [-0.25, -0.2) is 0 Å². The maximum absolute atomic E-state index is 12.7. The van der Waals surface area contributed by atoms with E-state index < -0.39 is 0 Å². The molecule has 2 aliphatic heterocycles. The Labute approximate surface area is 158 Å². The summed E-state index contributed by atoms with van der Waals surface area (Å²) in [5.74, 6) is 2.11. The van der Waals surface area contributed by atoms with Crippen LogP contribution in [-0.4, -0.2) is 43.6 Å². The zero-order chi connectivity index (χ0) is 19.0. The van der Waals surface area contributed by atoms with E-state index in [1.54, 1.807) is 29.2 Å². The molecule has 0 aliphatic carbocycles.